The van der Waals surface area contributed by atoms with E-state index in [4.69, 9.17) is 4.74 Å². The number of aryl methyl sites for hydroxylation is 2. The van der Waals surface area contributed by atoms with Gasteiger partial charge in [-0.15, -0.1) is 0 Å². The van der Waals surface area contributed by atoms with Crippen LogP contribution in [0.25, 0.3) is 0 Å². The van der Waals surface area contributed by atoms with Gasteiger partial charge in [0, 0.05) is 7.11 Å². The van der Waals surface area contributed by atoms with E-state index in [1.54, 1.807) is 7.11 Å². The number of hydrogen-bond donors (Lipinski definition) is 0. The van der Waals surface area contributed by atoms with Crippen molar-refractivity contribution >= 4 is 0 Å². The molecule has 2 aromatic rings. The Hall–Kier alpha value is -1.60. The first-order valence-electron chi connectivity index (χ1n) is 5.99. The molecule has 0 radical (unpaired) electrons. The molecule has 0 amide bonds. The molecule has 0 bridgehead atoms. The van der Waals surface area contributed by atoms with Gasteiger partial charge in [-0.1, -0.05) is 54.6 Å². The van der Waals surface area contributed by atoms with Crippen LogP contribution in [-0.4, -0.2) is 7.11 Å². The standard InChI is InChI=1S/C16H18O/c1-17-13-16-11-9-15(10-12-16)8-7-14-5-3-2-4-6-14/h2-6,9-12H,7-8,13H2,1H3. The van der Waals surface area contributed by atoms with Crippen molar-refractivity contribution in [1.82, 2.24) is 0 Å². The highest BCUT2D eigenvalue weighted by molar-refractivity contribution is 5.24. The zero-order valence-corrected chi connectivity index (χ0v) is 10.2. The van der Waals surface area contributed by atoms with Gasteiger partial charge in [0.05, 0.1) is 6.61 Å². The third kappa shape index (κ3) is 3.72. The van der Waals surface area contributed by atoms with Crippen LogP contribution in [0.5, 0.6) is 0 Å². The Bertz CT molecular complexity index is 431. The van der Waals surface area contributed by atoms with Crippen molar-refractivity contribution in [2.45, 2.75) is 19.4 Å². The first-order chi connectivity index (χ1) is 8.38. The minimum atomic E-state index is 0.693. The maximum atomic E-state index is 5.10. The van der Waals surface area contributed by atoms with Gasteiger partial charge in [0.1, 0.15) is 0 Å². The highest BCUT2D eigenvalue weighted by Crippen LogP contribution is 2.09. The Morgan fingerprint density at radius 1 is 0.706 bits per heavy atom. The van der Waals surface area contributed by atoms with E-state index in [0.29, 0.717) is 6.61 Å². The molecule has 0 saturated carbocycles. The molecule has 0 aliphatic heterocycles. The molecule has 0 unspecified atom stereocenters. The SMILES string of the molecule is COCc1ccc(CCc2ccccc2)cc1. The normalized spacial score (nSPS) is 10.4. The first-order valence-corrected chi connectivity index (χ1v) is 5.99. The average Bonchev–Trinajstić information content (AvgIpc) is 2.40. The van der Waals surface area contributed by atoms with Gasteiger partial charge >= 0.3 is 0 Å². The lowest BCUT2D eigenvalue weighted by atomic mass is 10.0. The van der Waals surface area contributed by atoms with Gasteiger partial charge < -0.3 is 4.74 Å². The van der Waals surface area contributed by atoms with E-state index in [1.165, 1.54) is 16.7 Å². The number of methoxy groups -OCH3 is 1. The van der Waals surface area contributed by atoms with E-state index >= 15 is 0 Å². The van der Waals surface area contributed by atoms with Gasteiger partial charge in [0.15, 0.2) is 0 Å². The lowest BCUT2D eigenvalue weighted by Crippen LogP contribution is -1.92. The monoisotopic (exact) mass is 226 g/mol. The van der Waals surface area contributed by atoms with Crippen molar-refractivity contribution < 1.29 is 4.74 Å². The molecule has 1 nitrogen and oxygen atoms in total. The smallest absolute Gasteiger partial charge is 0.0713 e. The van der Waals surface area contributed by atoms with E-state index < -0.39 is 0 Å². The summed E-state index contributed by atoms with van der Waals surface area (Å²) in [4.78, 5) is 0. The Balaban J connectivity index is 1.91. The van der Waals surface area contributed by atoms with Crippen molar-refractivity contribution in [2.24, 2.45) is 0 Å². The van der Waals surface area contributed by atoms with E-state index in [-0.39, 0.29) is 0 Å². The molecule has 2 rings (SSSR count). The molecule has 0 atom stereocenters. The molecule has 0 spiro atoms. The summed E-state index contributed by atoms with van der Waals surface area (Å²) in [6.07, 6.45) is 2.20. The van der Waals surface area contributed by atoms with Crippen LogP contribution in [0.1, 0.15) is 16.7 Å². The van der Waals surface area contributed by atoms with Crippen LogP contribution >= 0.6 is 0 Å². The van der Waals surface area contributed by atoms with E-state index in [2.05, 4.69) is 54.6 Å². The summed E-state index contributed by atoms with van der Waals surface area (Å²) in [5.41, 5.74) is 4.01. The van der Waals surface area contributed by atoms with Crippen molar-refractivity contribution in [2.75, 3.05) is 7.11 Å². The fourth-order valence-corrected chi connectivity index (χ4v) is 1.90. The molecular formula is C16H18O. The molecule has 1 heteroatoms. The number of ether oxygens (including phenoxy) is 1. The van der Waals surface area contributed by atoms with Crippen molar-refractivity contribution in [3.63, 3.8) is 0 Å². The van der Waals surface area contributed by atoms with Crippen LogP contribution < -0.4 is 0 Å². The zero-order valence-electron chi connectivity index (χ0n) is 10.2. The van der Waals surface area contributed by atoms with E-state index in [0.717, 1.165) is 12.8 Å². The Kier molecular flexibility index (Phi) is 4.34. The van der Waals surface area contributed by atoms with Gasteiger partial charge in [0.2, 0.25) is 0 Å². The highest BCUT2D eigenvalue weighted by Gasteiger charge is 1.96. The molecule has 0 N–H and O–H groups in total. The predicted octanol–water partition coefficient (Wildman–Crippen LogP) is 3.62. The van der Waals surface area contributed by atoms with Crippen molar-refractivity contribution in [1.29, 1.82) is 0 Å². The summed E-state index contributed by atoms with van der Waals surface area (Å²) in [5.74, 6) is 0. The summed E-state index contributed by atoms with van der Waals surface area (Å²) in [6, 6.07) is 19.3. The molecule has 0 aromatic heterocycles. The molecule has 17 heavy (non-hydrogen) atoms. The molecule has 88 valence electrons. The number of hydrogen-bond acceptors (Lipinski definition) is 1. The quantitative estimate of drug-likeness (QED) is 0.756. The van der Waals surface area contributed by atoms with E-state index in [1.807, 2.05) is 0 Å². The summed E-state index contributed by atoms with van der Waals surface area (Å²) in [6.45, 7) is 0.693. The minimum Gasteiger partial charge on any atom is -0.380 e. The molecular weight excluding hydrogens is 208 g/mol. The summed E-state index contributed by atoms with van der Waals surface area (Å²) < 4.78 is 5.10. The second kappa shape index (κ2) is 6.21. The topological polar surface area (TPSA) is 9.23 Å². The van der Waals surface area contributed by atoms with Gasteiger partial charge in [-0.2, -0.15) is 0 Å². The molecule has 0 heterocycles. The molecule has 0 fully saturated rings. The molecule has 0 aliphatic rings. The minimum absolute atomic E-state index is 0.693. The second-order valence-electron chi connectivity index (χ2n) is 4.24. The van der Waals surface area contributed by atoms with Gasteiger partial charge in [-0.25, -0.2) is 0 Å². The summed E-state index contributed by atoms with van der Waals surface area (Å²) >= 11 is 0. The Labute approximate surface area is 103 Å². The van der Waals surface area contributed by atoms with Crippen LogP contribution in [0.3, 0.4) is 0 Å². The van der Waals surface area contributed by atoms with Crippen LogP contribution in [0, 0.1) is 0 Å². The first kappa shape index (κ1) is 11.9. The predicted molar refractivity (Wildman–Crippen MR) is 71.0 cm³/mol. The van der Waals surface area contributed by atoms with Gasteiger partial charge in [-0.3, -0.25) is 0 Å². The maximum Gasteiger partial charge on any atom is 0.0713 e. The molecule has 2 aromatic carbocycles. The lowest BCUT2D eigenvalue weighted by Gasteiger charge is -2.04. The third-order valence-corrected chi connectivity index (χ3v) is 2.88. The summed E-state index contributed by atoms with van der Waals surface area (Å²) in [7, 11) is 1.73. The van der Waals surface area contributed by atoms with Crippen LogP contribution in [0.4, 0.5) is 0 Å². The third-order valence-electron chi connectivity index (χ3n) is 2.88. The average molecular weight is 226 g/mol. The van der Waals surface area contributed by atoms with Gasteiger partial charge in [-0.05, 0) is 29.5 Å². The number of benzene rings is 2. The van der Waals surface area contributed by atoms with Gasteiger partial charge in [0.25, 0.3) is 0 Å². The Morgan fingerprint density at radius 3 is 1.82 bits per heavy atom. The zero-order chi connectivity index (χ0) is 11.9. The summed E-state index contributed by atoms with van der Waals surface area (Å²) in [5, 5.41) is 0. The van der Waals surface area contributed by atoms with Crippen LogP contribution in [0.15, 0.2) is 54.6 Å². The molecule has 0 aliphatic carbocycles. The molecule has 0 saturated heterocycles. The fraction of sp³-hybridized carbons (Fsp3) is 0.250. The highest BCUT2D eigenvalue weighted by atomic mass is 16.5. The second-order valence-corrected chi connectivity index (χ2v) is 4.24. The van der Waals surface area contributed by atoms with Crippen LogP contribution in [0.2, 0.25) is 0 Å². The number of rotatable bonds is 5. The maximum absolute atomic E-state index is 5.10. The van der Waals surface area contributed by atoms with Crippen LogP contribution in [-0.2, 0) is 24.2 Å². The van der Waals surface area contributed by atoms with Crippen molar-refractivity contribution in [3.05, 3.63) is 71.3 Å². The fourth-order valence-electron chi connectivity index (χ4n) is 1.90. The van der Waals surface area contributed by atoms with E-state index in [9.17, 15) is 0 Å². The largest absolute Gasteiger partial charge is 0.380 e. The lowest BCUT2D eigenvalue weighted by molar-refractivity contribution is 0.185. The Morgan fingerprint density at radius 2 is 1.24 bits per heavy atom. The van der Waals surface area contributed by atoms with Crippen molar-refractivity contribution in [3.8, 4) is 0 Å².